The predicted molar refractivity (Wildman–Crippen MR) is 32.6 cm³/mol. The summed E-state index contributed by atoms with van der Waals surface area (Å²) in [6.07, 6.45) is -2.56. The second-order valence-corrected chi connectivity index (χ2v) is 2.67. The van der Waals surface area contributed by atoms with E-state index in [4.69, 9.17) is 24.4 Å². The summed E-state index contributed by atoms with van der Waals surface area (Å²) in [5.41, 5.74) is 0. The van der Waals surface area contributed by atoms with E-state index in [1.54, 1.807) is 0 Å². The van der Waals surface area contributed by atoms with Gasteiger partial charge in [-0.15, -0.1) is 0 Å². The highest BCUT2D eigenvalue weighted by Crippen LogP contribution is 2.26. The Kier molecular flexibility index (Phi) is 1.82. The molecule has 11 heavy (non-hydrogen) atoms. The fourth-order valence-electron chi connectivity index (χ4n) is 1.41. The first-order valence-corrected chi connectivity index (χ1v) is 3.50. The van der Waals surface area contributed by atoms with Crippen LogP contribution in [0.2, 0.25) is 0 Å². The lowest BCUT2D eigenvalue weighted by atomic mass is 10.1. The molecule has 2 aliphatic heterocycles. The van der Waals surface area contributed by atoms with Gasteiger partial charge in [-0.25, -0.2) is 0 Å². The smallest absolute Gasteiger partial charge is 0.181 e. The largest absolute Gasteiger partial charge is 0.367 e. The molecule has 2 rings (SSSR count). The third kappa shape index (κ3) is 1.15. The van der Waals surface area contributed by atoms with Gasteiger partial charge in [0.05, 0.1) is 6.61 Å². The van der Waals surface area contributed by atoms with Crippen LogP contribution in [0.5, 0.6) is 0 Å². The molecule has 0 aromatic rings. The van der Waals surface area contributed by atoms with Gasteiger partial charge in [-0.2, -0.15) is 0 Å². The minimum atomic E-state index is -1.48. The van der Waals surface area contributed by atoms with Crippen LogP contribution in [-0.4, -0.2) is 48.2 Å². The second kappa shape index (κ2) is 2.69. The molecule has 0 saturated carbocycles. The summed E-state index contributed by atoms with van der Waals surface area (Å²) in [5, 5.41) is 17.6. The third-order valence-electron chi connectivity index (χ3n) is 1.98. The van der Waals surface area contributed by atoms with E-state index in [9.17, 15) is 0 Å². The minimum Gasteiger partial charge on any atom is -0.367 e. The highest BCUT2D eigenvalue weighted by Gasteiger charge is 2.45. The van der Waals surface area contributed by atoms with Crippen LogP contribution in [0.1, 0.15) is 0 Å². The van der Waals surface area contributed by atoms with E-state index in [1.807, 2.05) is 0 Å². The van der Waals surface area contributed by atoms with Crippen molar-refractivity contribution in [2.75, 3.05) is 13.4 Å². The monoisotopic (exact) mass is 162 g/mol. The van der Waals surface area contributed by atoms with E-state index >= 15 is 0 Å². The molecule has 2 fully saturated rings. The van der Waals surface area contributed by atoms with Gasteiger partial charge in [0.1, 0.15) is 25.1 Å². The van der Waals surface area contributed by atoms with Crippen molar-refractivity contribution in [3.63, 3.8) is 0 Å². The van der Waals surface area contributed by atoms with Crippen molar-refractivity contribution in [1.29, 1.82) is 0 Å². The van der Waals surface area contributed by atoms with Crippen LogP contribution in [0.3, 0.4) is 0 Å². The molecule has 0 aliphatic carbocycles. The average molecular weight is 162 g/mol. The summed E-state index contributed by atoms with van der Waals surface area (Å²) in [6.45, 7) is 0.606. The Balaban J connectivity index is 2.03. The minimum absolute atomic E-state index is 0.123. The van der Waals surface area contributed by atoms with Gasteiger partial charge < -0.3 is 24.4 Å². The van der Waals surface area contributed by atoms with Crippen molar-refractivity contribution < 1.29 is 24.4 Å². The van der Waals surface area contributed by atoms with Crippen LogP contribution in [0.4, 0.5) is 0 Å². The summed E-state index contributed by atoms with van der Waals surface area (Å²) < 4.78 is 15.2. The van der Waals surface area contributed by atoms with Gasteiger partial charge in [0.25, 0.3) is 0 Å². The first kappa shape index (κ1) is 7.45. The first-order valence-electron chi connectivity index (χ1n) is 3.50. The molecule has 0 spiro atoms. The molecule has 0 bridgehead atoms. The second-order valence-electron chi connectivity index (χ2n) is 2.67. The van der Waals surface area contributed by atoms with Gasteiger partial charge in [0, 0.05) is 0 Å². The highest BCUT2D eigenvalue weighted by atomic mass is 16.7. The van der Waals surface area contributed by atoms with Crippen LogP contribution in [0.15, 0.2) is 0 Å². The van der Waals surface area contributed by atoms with E-state index in [0.717, 1.165) is 0 Å². The highest BCUT2D eigenvalue weighted by molar-refractivity contribution is 4.88. The van der Waals surface area contributed by atoms with Crippen LogP contribution >= 0.6 is 0 Å². The van der Waals surface area contributed by atoms with E-state index in [2.05, 4.69) is 0 Å². The topological polar surface area (TPSA) is 68.2 Å². The predicted octanol–water partition coefficient (Wildman–Crippen LogP) is -1.56. The Morgan fingerprint density at radius 2 is 2.00 bits per heavy atom. The van der Waals surface area contributed by atoms with Crippen molar-refractivity contribution in [2.45, 2.75) is 24.6 Å². The molecule has 64 valence electrons. The van der Waals surface area contributed by atoms with E-state index in [0.29, 0.717) is 6.61 Å². The standard InChI is InChI=1S/C6H10O5/c7-6(8)5-4-3(1-9-5)10-2-11-4/h3-8H,1-2H2. The lowest BCUT2D eigenvalue weighted by molar-refractivity contribution is -0.161. The summed E-state index contributed by atoms with van der Waals surface area (Å²) in [6, 6.07) is 0. The number of aliphatic hydroxyl groups excluding tert-OH is 1. The summed E-state index contributed by atoms with van der Waals surface area (Å²) in [4.78, 5) is 0. The Bertz CT molecular complexity index is 148. The summed E-state index contributed by atoms with van der Waals surface area (Å²) in [5.74, 6) is 0. The van der Waals surface area contributed by atoms with Gasteiger partial charge in [-0.05, 0) is 0 Å². The van der Waals surface area contributed by atoms with Gasteiger partial charge in [0.15, 0.2) is 6.29 Å². The Morgan fingerprint density at radius 3 is 2.73 bits per heavy atom. The third-order valence-corrected chi connectivity index (χ3v) is 1.98. The zero-order valence-corrected chi connectivity index (χ0v) is 5.84. The number of fused-ring (bicyclic) bond motifs is 1. The quantitative estimate of drug-likeness (QED) is 0.456. The van der Waals surface area contributed by atoms with Gasteiger partial charge in [-0.3, -0.25) is 0 Å². The fourth-order valence-corrected chi connectivity index (χ4v) is 1.41. The van der Waals surface area contributed by atoms with Crippen molar-refractivity contribution >= 4 is 0 Å². The molecular formula is C6H10O5. The van der Waals surface area contributed by atoms with E-state index < -0.39 is 12.4 Å². The summed E-state index contributed by atoms with van der Waals surface area (Å²) >= 11 is 0. The zero-order valence-electron chi connectivity index (χ0n) is 5.84. The van der Waals surface area contributed by atoms with Crippen LogP contribution in [0.25, 0.3) is 0 Å². The molecule has 0 aromatic carbocycles. The van der Waals surface area contributed by atoms with Gasteiger partial charge in [0.2, 0.25) is 0 Å². The number of hydrogen-bond donors (Lipinski definition) is 2. The first-order chi connectivity index (χ1) is 5.29. The molecule has 2 saturated heterocycles. The van der Waals surface area contributed by atoms with Crippen molar-refractivity contribution in [2.24, 2.45) is 0 Å². The number of hydrogen-bond acceptors (Lipinski definition) is 5. The molecule has 3 atom stereocenters. The number of rotatable bonds is 1. The van der Waals surface area contributed by atoms with Crippen molar-refractivity contribution in [1.82, 2.24) is 0 Å². The summed E-state index contributed by atoms with van der Waals surface area (Å²) in [7, 11) is 0. The SMILES string of the molecule is OC(O)C1OCC2OCOC21. The Labute approximate surface area is 63.5 Å². The molecular weight excluding hydrogens is 152 g/mol. The van der Waals surface area contributed by atoms with E-state index in [1.165, 1.54) is 0 Å². The Hall–Kier alpha value is -0.200. The molecule has 0 radical (unpaired) electrons. The molecule has 2 N–H and O–H groups in total. The normalized spacial score (nSPS) is 43.4. The lowest BCUT2D eigenvalue weighted by Gasteiger charge is -2.16. The van der Waals surface area contributed by atoms with Gasteiger partial charge in [-0.1, -0.05) is 0 Å². The number of ether oxygens (including phenoxy) is 3. The maximum atomic E-state index is 8.79. The Morgan fingerprint density at radius 1 is 1.18 bits per heavy atom. The molecule has 2 heterocycles. The average Bonchev–Trinajstić information content (AvgIpc) is 2.41. The van der Waals surface area contributed by atoms with Gasteiger partial charge >= 0.3 is 0 Å². The molecule has 0 aromatic heterocycles. The molecule has 5 heteroatoms. The molecule has 3 unspecified atom stereocenters. The maximum absolute atomic E-state index is 8.79. The fraction of sp³-hybridized carbons (Fsp3) is 1.00. The molecule has 5 nitrogen and oxygen atoms in total. The van der Waals surface area contributed by atoms with Crippen LogP contribution in [0, 0.1) is 0 Å². The van der Waals surface area contributed by atoms with Crippen LogP contribution in [-0.2, 0) is 14.2 Å². The van der Waals surface area contributed by atoms with Crippen LogP contribution < -0.4 is 0 Å². The zero-order chi connectivity index (χ0) is 7.84. The number of aliphatic hydroxyl groups is 2. The lowest BCUT2D eigenvalue weighted by Crippen LogP contribution is -2.37. The van der Waals surface area contributed by atoms with E-state index in [-0.39, 0.29) is 19.0 Å². The van der Waals surface area contributed by atoms with Crippen molar-refractivity contribution in [3.05, 3.63) is 0 Å². The molecule has 0 amide bonds. The van der Waals surface area contributed by atoms with Crippen molar-refractivity contribution in [3.8, 4) is 0 Å². The molecule has 2 aliphatic rings. The maximum Gasteiger partial charge on any atom is 0.181 e.